The summed E-state index contributed by atoms with van der Waals surface area (Å²) in [6.07, 6.45) is 4.18. The van der Waals surface area contributed by atoms with Gasteiger partial charge in [-0.1, -0.05) is 36.4 Å². The van der Waals surface area contributed by atoms with Crippen LogP contribution in [0.4, 0.5) is 5.69 Å². The van der Waals surface area contributed by atoms with E-state index in [2.05, 4.69) is 10.1 Å². The Morgan fingerprint density at radius 3 is 2.38 bits per heavy atom. The molecule has 132 valence electrons. The molecule has 0 amide bonds. The fraction of sp³-hybridized carbons (Fsp3) is 0.105. The number of nitrogens with zero attached hydrogens (tertiary/aromatic N) is 3. The standard InChI is InChI=1S/C19H18N4O3/c1-14(16-5-3-2-4-6-16)21-13-18(22-20)19(24)12-9-15-7-10-17(11-8-15)23(25)26/h2-14H,20H2,1H3/b12-9+,21-13?,22-18+. The van der Waals surface area contributed by atoms with Crippen LogP contribution in [-0.4, -0.2) is 22.6 Å². The number of benzene rings is 2. The molecule has 2 aromatic rings. The minimum atomic E-state index is -0.484. The largest absolute Gasteiger partial charge is 0.323 e. The van der Waals surface area contributed by atoms with Crippen molar-refractivity contribution in [2.75, 3.05) is 0 Å². The van der Waals surface area contributed by atoms with Crippen molar-refractivity contribution in [3.8, 4) is 0 Å². The maximum absolute atomic E-state index is 12.2. The van der Waals surface area contributed by atoms with E-state index in [4.69, 9.17) is 5.84 Å². The third kappa shape index (κ3) is 5.20. The Hall–Kier alpha value is -3.61. The SMILES string of the molecule is CC(N=C/C(=N\N)C(=O)/C=C/c1ccc([N+](=O)[O-])cc1)c1ccccc1. The molecule has 0 bridgehead atoms. The van der Waals surface area contributed by atoms with Gasteiger partial charge in [-0.3, -0.25) is 19.9 Å². The van der Waals surface area contributed by atoms with E-state index in [9.17, 15) is 14.9 Å². The minimum absolute atomic E-state index is 0.0141. The Balaban J connectivity index is 2.04. The number of carbonyl (C=O) groups excluding carboxylic acids is 1. The smallest absolute Gasteiger partial charge is 0.269 e. The quantitative estimate of drug-likeness (QED) is 0.271. The van der Waals surface area contributed by atoms with Crippen LogP contribution < -0.4 is 5.84 Å². The van der Waals surface area contributed by atoms with Crippen LogP contribution in [0.3, 0.4) is 0 Å². The number of allylic oxidation sites excluding steroid dienone is 1. The van der Waals surface area contributed by atoms with Gasteiger partial charge in [0.05, 0.1) is 17.2 Å². The Kier molecular flexibility index (Phi) is 6.50. The van der Waals surface area contributed by atoms with Crippen molar-refractivity contribution >= 4 is 29.5 Å². The molecule has 1 atom stereocenters. The van der Waals surface area contributed by atoms with E-state index in [0.717, 1.165) is 5.56 Å². The van der Waals surface area contributed by atoms with Crippen LogP contribution in [0.2, 0.25) is 0 Å². The molecule has 0 aliphatic rings. The number of non-ortho nitro benzene ring substituents is 1. The lowest BCUT2D eigenvalue weighted by Gasteiger charge is -2.05. The molecular formula is C19H18N4O3. The normalized spacial score (nSPS) is 13.2. The Labute approximate surface area is 150 Å². The zero-order valence-electron chi connectivity index (χ0n) is 14.1. The van der Waals surface area contributed by atoms with Crippen LogP contribution in [0.5, 0.6) is 0 Å². The number of nitro benzene ring substituents is 1. The molecule has 7 heteroatoms. The van der Waals surface area contributed by atoms with Crippen molar-refractivity contribution in [1.29, 1.82) is 0 Å². The molecule has 0 radical (unpaired) electrons. The van der Waals surface area contributed by atoms with Crippen LogP contribution in [0.25, 0.3) is 6.08 Å². The molecule has 0 spiro atoms. The van der Waals surface area contributed by atoms with Crippen molar-refractivity contribution < 1.29 is 9.72 Å². The Morgan fingerprint density at radius 1 is 1.15 bits per heavy atom. The summed E-state index contributed by atoms with van der Waals surface area (Å²) in [6.45, 7) is 1.90. The van der Waals surface area contributed by atoms with Gasteiger partial charge in [0.25, 0.3) is 5.69 Å². The maximum atomic E-state index is 12.2. The van der Waals surface area contributed by atoms with Crippen molar-refractivity contribution in [3.63, 3.8) is 0 Å². The van der Waals surface area contributed by atoms with Gasteiger partial charge in [0.15, 0.2) is 0 Å². The first kappa shape index (κ1) is 18.7. The highest BCUT2D eigenvalue weighted by molar-refractivity contribution is 6.64. The van der Waals surface area contributed by atoms with Gasteiger partial charge in [-0.05, 0) is 36.3 Å². The number of hydrazone groups is 1. The molecule has 2 rings (SSSR count). The highest BCUT2D eigenvalue weighted by Gasteiger charge is 2.08. The van der Waals surface area contributed by atoms with Gasteiger partial charge in [-0.2, -0.15) is 5.10 Å². The van der Waals surface area contributed by atoms with Crippen LogP contribution in [-0.2, 0) is 4.79 Å². The van der Waals surface area contributed by atoms with E-state index in [1.54, 1.807) is 12.1 Å². The van der Waals surface area contributed by atoms with Gasteiger partial charge in [0, 0.05) is 12.1 Å². The van der Waals surface area contributed by atoms with Crippen molar-refractivity contribution in [1.82, 2.24) is 0 Å². The molecule has 2 aromatic carbocycles. The zero-order valence-corrected chi connectivity index (χ0v) is 14.1. The second-order valence-electron chi connectivity index (χ2n) is 5.43. The summed E-state index contributed by atoms with van der Waals surface area (Å²) in [5, 5.41) is 14.1. The molecule has 7 nitrogen and oxygen atoms in total. The average molecular weight is 350 g/mol. The number of hydrogen-bond acceptors (Lipinski definition) is 6. The molecule has 0 aliphatic carbocycles. The molecule has 2 N–H and O–H groups in total. The summed E-state index contributed by atoms with van der Waals surface area (Å²) in [4.78, 5) is 26.6. The fourth-order valence-corrected chi connectivity index (χ4v) is 2.13. The molecule has 1 unspecified atom stereocenters. The van der Waals surface area contributed by atoms with E-state index >= 15 is 0 Å². The first-order chi connectivity index (χ1) is 12.5. The molecule has 0 aromatic heterocycles. The van der Waals surface area contributed by atoms with Crippen molar-refractivity contribution in [3.05, 3.63) is 81.9 Å². The predicted octanol–water partition coefficient (Wildman–Crippen LogP) is 3.32. The van der Waals surface area contributed by atoms with E-state index in [1.165, 1.54) is 30.5 Å². The number of carbonyl (C=O) groups is 1. The second kappa shape index (κ2) is 9.03. The highest BCUT2D eigenvalue weighted by Crippen LogP contribution is 2.15. The summed E-state index contributed by atoms with van der Waals surface area (Å²) in [5.41, 5.74) is 1.66. The van der Waals surface area contributed by atoms with E-state index in [-0.39, 0.29) is 17.4 Å². The summed E-state index contributed by atoms with van der Waals surface area (Å²) in [5.74, 6) is 4.88. The first-order valence-corrected chi connectivity index (χ1v) is 7.84. The summed E-state index contributed by atoms with van der Waals surface area (Å²) >= 11 is 0. The van der Waals surface area contributed by atoms with Crippen molar-refractivity contribution in [2.24, 2.45) is 15.9 Å². The summed E-state index contributed by atoms with van der Waals surface area (Å²) < 4.78 is 0. The lowest BCUT2D eigenvalue weighted by molar-refractivity contribution is -0.384. The second-order valence-corrected chi connectivity index (χ2v) is 5.43. The fourth-order valence-electron chi connectivity index (χ4n) is 2.13. The van der Waals surface area contributed by atoms with E-state index < -0.39 is 10.7 Å². The highest BCUT2D eigenvalue weighted by atomic mass is 16.6. The van der Waals surface area contributed by atoms with Crippen LogP contribution in [0.1, 0.15) is 24.1 Å². The molecule has 0 heterocycles. The topological polar surface area (TPSA) is 111 Å². The average Bonchev–Trinajstić information content (AvgIpc) is 2.67. The third-order valence-electron chi connectivity index (χ3n) is 3.63. The van der Waals surface area contributed by atoms with E-state index in [0.29, 0.717) is 5.56 Å². The predicted molar refractivity (Wildman–Crippen MR) is 102 cm³/mol. The first-order valence-electron chi connectivity index (χ1n) is 7.84. The lowest BCUT2D eigenvalue weighted by Crippen LogP contribution is -2.15. The molecule has 0 fully saturated rings. The van der Waals surface area contributed by atoms with Crippen LogP contribution in [0, 0.1) is 10.1 Å². The Bertz CT molecular complexity index is 856. The number of aliphatic imine (C=N–C) groups is 1. The van der Waals surface area contributed by atoms with Gasteiger partial charge in [0.2, 0.25) is 5.78 Å². The number of rotatable bonds is 7. The number of nitrogens with two attached hydrogens (primary N) is 1. The maximum Gasteiger partial charge on any atom is 0.269 e. The monoisotopic (exact) mass is 350 g/mol. The Morgan fingerprint density at radius 2 is 1.81 bits per heavy atom. The lowest BCUT2D eigenvalue weighted by atomic mass is 10.1. The van der Waals surface area contributed by atoms with Gasteiger partial charge in [0.1, 0.15) is 5.71 Å². The number of hydrogen-bond donors (Lipinski definition) is 1. The van der Waals surface area contributed by atoms with Crippen LogP contribution in [0.15, 0.2) is 70.8 Å². The van der Waals surface area contributed by atoms with Gasteiger partial charge >= 0.3 is 0 Å². The number of nitro groups is 1. The third-order valence-corrected chi connectivity index (χ3v) is 3.63. The van der Waals surface area contributed by atoms with Gasteiger partial charge in [-0.15, -0.1) is 0 Å². The van der Waals surface area contributed by atoms with Crippen molar-refractivity contribution in [2.45, 2.75) is 13.0 Å². The molecule has 0 aliphatic heterocycles. The van der Waals surface area contributed by atoms with Crippen LogP contribution >= 0.6 is 0 Å². The zero-order chi connectivity index (χ0) is 18.9. The van der Waals surface area contributed by atoms with E-state index in [1.807, 2.05) is 37.3 Å². The molecule has 26 heavy (non-hydrogen) atoms. The van der Waals surface area contributed by atoms with Gasteiger partial charge in [-0.25, -0.2) is 0 Å². The summed E-state index contributed by atoms with van der Waals surface area (Å²) in [6, 6.07) is 15.3. The molecule has 0 saturated heterocycles. The summed E-state index contributed by atoms with van der Waals surface area (Å²) in [7, 11) is 0. The van der Waals surface area contributed by atoms with Gasteiger partial charge < -0.3 is 5.84 Å². The molecular weight excluding hydrogens is 332 g/mol. The molecule has 0 saturated carbocycles. The minimum Gasteiger partial charge on any atom is -0.323 e. The number of ketones is 1.